The fraction of sp³-hybridized carbons (Fsp3) is 0.208. The average Bonchev–Trinajstić information content (AvgIpc) is 2.74. The summed E-state index contributed by atoms with van der Waals surface area (Å²) in [5.41, 5.74) is 2.50. The van der Waals surface area contributed by atoms with E-state index in [1.165, 1.54) is 6.07 Å². The lowest BCUT2D eigenvalue weighted by Gasteiger charge is -2.13. The van der Waals surface area contributed by atoms with Crippen LogP contribution in [0.3, 0.4) is 0 Å². The first kappa shape index (κ1) is 21.2. The first-order chi connectivity index (χ1) is 14.1. The van der Waals surface area contributed by atoms with Gasteiger partial charge in [0.25, 0.3) is 5.56 Å². The van der Waals surface area contributed by atoms with Gasteiger partial charge in [-0.1, -0.05) is 78.7 Å². The van der Waals surface area contributed by atoms with Crippen LogP contribution >= 0.6 is 23.2 Å². The zero-order chi connectivity index (χ0) is 20.6. The Morgan fingerprint density at radius 1 is 0.966 bits per heavy atom. The lowest BCUT2D eigenvalue weighted by atomic mass is 10.1. The summed E-state index contributed by atoms with van der Waals surface area (Å²) < 4.78 is 7.32. The molecule has 3 aromatic rings. The lowest BCUT2D eigenvalue weighted by Crippen LogP contribution is -2.24. The highest BCUT2D eigenvalue weighted by molar-refractivity contribution is 6.35. The summed E-state index contributed by atoms with van der Waals surface area (Å²) in [4.78, 5) is 12.7. The fourth-order valence-electron chi connectivity index (χ4n) is 2.99. The Morgan fingerprint density at radius 3 is 2.52 bits per heavy atom. The molecule has 150 valence electrons. The highest BCUT2D eigenvalue weighted by atomic mass is 35.5. The van der Waals surface area contributed by atoms with Crippen LogP contribution in [0.1, 0.15) is 30.2 Å². The maximum Gasteiger partial charge on any atom is 0.269 e. The van der Waals surface area contributed by atoms with Gasteiger partial charge in [-0.3, -0.25) is 4.79 Å². The number of hydrogen-bond acceptors (Lipinski definition) is 2. The molecule has 0 aliphatic rings. The van der Waals surface area contributed by atoms with Crippen molar-refractivity contribution in [1.82, 2.24) is 4.57 Å². The average molecular weight is 428 g/mol. The van der Waals surface area contributed by atoms with Crippen molar-refractivity contribution in [2.75, 3.05) is 6.61 Å². The number of rotatable bonds is 8. The van der Waals surface area contributed by atoms with Crippen molar-refractivity contribution in [3.05, 3.63) is 97.9 Å². The van der Waals surface area contributed by atoms with Crippen LogP contribution in [-0.4, -0.2) is 11.2 Å². The maximum atomic E-state index is 12.7. The molecule has 0 saturated heterocycles. The molecule has 3 rings (SSSR count). The molecule has 0 bridgehead atoms. The standard InChI is InChI=1S/C24H23Cl2NO2/c1-2-15-29-20-10-6-9-19(16-20)11-12-23-21(25)17-22(26)24(28)27(23)14-13-18-7-4-3-5-8-18/h3-12,16-17H,2,13-15H2,1H3/b12-11+. The van der Waals surface area contributed by atoms with Gasteiger partial charge in [0.05, 0.1) is 17.3 Å². The van der Waals surface area contributed by atoms with E-state index in [0.29, 0.717) is 30.3 Å². The second-order valence-electron chi connectivity index (χ2n) is 6.67. The molecular formula is C24H23Cl2NO2. The van der Waals surface area contributed by atoms with E-state index < -0.39 is 0 Å². The second kappa shape index (κ2) is 10.3. The summed E-state index contributed by atoms with van der Waals surface area (Å²) in [5, 5.41) is 0.562. The van der Waals surface area contributed by atoms with Crippen LogP contribution in [0.25, 0.3) is 12.2 Å². The van der Waals surface area contributed by atoms with E-state index in [1.54, 1.807) is 4.57 Å². The largest absolute Gasteiger partial charge is 0.494 e. The van der Waals surface area contributed by atoms with Gasteiger partial charge >= 0.3 is 0 Å². The number of nitrogens with zero attached hydrogens (tertiary/aromatic N) is 1. The Bertz CT molecular complexity index is 1040. The van der Waals surface area contributed by atoms with E-state index >= 15 is 0 Å². The summed E-state index contributed by atoms with van der Waals surface area (Å²) in [6.07, 6.45) is 5.43. The molecular weight excluding hydrogens is 405 g/mol. The molecule has 0 N–H and O–H groups in total. The van der Waals surface area contributed by atoms with Crippen molar-refractivity contribution < 1.29 is 4.74 Å². The Labute approximate surface area is 181 Å². The van der Waals surface area contributed by atoms with Gasteiger partial charge in [0.2, 0.25) is 0 Å². The highest BCUT2D eigenvalue weighted by Crippen LogP contribution is 2.22. The minimum atomic E-state index is -0.244. The van der Waals surface area contributed by atoms with Gasteiger partial charge < -0.3 is 9.30 Å². The van der Waals surface area contributed by atoms with Gasteiger partial charge in [-0.25, -0.2) is 0 Å². The van der Waals surface area contributed by atoms with E-state index in [2.05, 4.69) is 6.92 Å². The smallest absolute Gasteiger partial charge is 0.269 e. The predicted molar refractivity (Wildman–Crippen MR) is 122 cm³/mol. The first-order valence-corrected chi connectivity index (χ1v) is 10.4. The molecule has 3 nitrogen and oxygen atoms in total. The van der Waals surface area contributed by atoms with E-state index in [-0.39, 0.29) is 10.6 Å². The van der Waals surface area contributed by atoms with Crippen LogP contribution in [0.4, 0.5) is 0 Å². The lowest BCUT2D eigenvalue weighted by molar-refractivity contribution is 0.317. The maximum absolute atomic E-state index is 12.7. The van der Waals surface area contributed by atoms with Crippen molar-refractivity contribution in [2.24, 2.45) is 0 Å². The van der Waals surface area contributed by atoms with Crippen LogP contribution in [-0.2, 0) is 13.0 Å². The van der Waals surface area contributed by atoms with Gasteiger partial charge in [0.1, 0.15) is 10.8 Å². The number of pyridine rings is 1. The van der Waals surface area contributed by atoms with Crippen molar-refractivity contribution in [3.63, 3.8) is 0 Å². The monoisotopic (exact) mass is 427 g/mol. The molecule has 1 aromatic heterocycles. The van der Waals surface area contributed by atoms with Crippen LogP contribution in [0.2, 0.25) is 10.0 Å². The second-order valence-corrected chi connectivity index (χ2v) is 7.49. The van der Waals surface area contributed by atoms with Gasteiger partial charge in [0.15, 0.2) is 0 Å². The summed E-state index contributed by atoms with van der Waals surface area (Å²) >= 11 is 12.5. The molecule has 0 spiro atoms. The van der Waals surface area contributed by atoms with Crippen molar-refractivity contribution in [3.8, 4) is 5.75 Å². The molecule has 0 fully saturated rings. The number of aromatic nitrogens is 1. The van der Waals surface area contributed by atoms with Crippen LogP contribution < -0.4 is 10.3 Å². The molecule has 0 atom stereocenters. The van der Waals surface area contributed by atoms with Crippen molar-refractivity contribution in [2.45, 2.75) is 26.3 Å². The summed E-state index contributed by atoms with van der Waals surface area (Å²) in [6.45, 7) is 3.23. The molecule has 0 radical (unpaired) electrons. The van der Waals surface area contributed by atoms with E-state index in [0.717, 1.165) is 23.3 Å². The highest BCUT2D eigenvalue weighted by Gasteiger charge is 2.11. The predicted octanol–water partition coefficient (Wildman–Crippen LogP) is 6.36. The Balaban J connectivity index is 1.89. The number of benzene rings is 2. The zero-order valence-corrected chi connectivity index (χ0v) is 17.8. The third-order valence-electron chi connectivity index (χ3n) is 4.47. The van der Waals surface area contributed by atoms with Gasteiger partial charge in [-0.2, -0.15) is 0 Å². The molecule has 0 saturated carbocycles. The summed E-state index contributed by atoms with van der Waals surface area (Å²) in [6, 6.07) is 19.3. The Hall–Kier alpha value is -2.49. The Morgan fingerprint density at radius 2 is 1.76 bits per heavy atom. The van der Waals surface area contributed by atoms with Crippen molar-refractivity contribution >= 4 is 35.4 Å². The molecule has 2 aromatic carbocycles. The first-order valence-electron chi connectivity index (χ1n) is 9.62. The molecule has 29 heavy (non-hydrogen) atoms. The van der Waals surface area contributed by atoms with E-state index in [1.807, 2.05) is 66.7 Å². The van der Waals surface area contributed by atoms with E-state index in [9.17, 15) is 4.79 Å². The summed E-state index contributed by atoms with van der Waals surface area (Å²) in [5.74, 6) is 0.817. The minimum Gasteiger partial charge on any atom is -0.494 e. The third kappa shape index (κ3) is 5.75. The van der Waals surface area contributed by atoms with Gasteiger partial charge in [0, 0.05) is 6.54 Å². The fourth-order valence-corrected chi connectivity index (χ4v) is 3.54. The molecule has 5 heteroatoms. The summed E-state index contributed by atoms with van der Waals surface area (Å²) in [7, 11) is 0. The third-order valence-corrected chi connectivity index (χ3v) is 5.04. The normalized spacial score (nSPS) is 11.1. The number of ether oxygens (including phenoxy) is 1. The number of halogens is 2. The number of aryl methyl sites for hydroxylation is 1. The van der Waals surface area contributed by atoms with E-state index in [4.69, 9.17) is 27.9 Å². The Kier molecular flexibility index (Phi) is 7.56. The number of hydrogen-bond donors (Lipinski definition) is 0. The van der Waals surface area contributed by atoms with Crippen LogP contribution in [0.5, 0.6) is 5.75 Å². The van der Waals surface area contributed by atoms with Crippen molar-refractivity contribution in [1.29, 1.82) is 0 Å². The molecule has 0 aliphatic heterocycles. The SMILES string of the molecule is CCCOc1cccc(/C=C/c2c(Cl)cc(Cl)c(=O)n2CCc2ccccc2)c1. The molecule has 1 heterocycles. The minimum absolute atomic E-state index is 0.121. The quantitative estimate of drug-likeness (QED) is 0.418. The molecule has 0 aliphatic carbocycles. The van der Waals surface area contributed by atoms with Crippen LogP contribution in [0, 0.1) is 0 Å². The topological polar surface area (TPSA) is 31.2 Å². The molecule has 0 amide bonds. The van der Waals surface area contributed by atoms with Crippen LogP contribution in [0.15, 0.2) is 65.5 Å². The zero-order valence-electron chi connectivity index (χ0n) is 16.3. The molecule has 0 unspecified atom stereocenters. The van der Waals surface area contributed by atoms with Gasteiger partial charge in [-0.15, -0.1) is 0 Å². The van der Waals surface area contributed by atoms with Gasteiger partial charge in [-0.05, 0) is 48.2 Å².